The van der Waals surface area contributed by atoms with Crippen molar-refractivity contribution in [2.75, 3.05) is 19.8 Å². The highest BCUT2D eigenvalue weighted by Crippen LogP contribution is 2.44. The van der Waals surface area contributed by atoms with Crippen molar-refractivity contribution in [3.8, 4) is 0 Å². The number of nitro groups is 1. The largest absolute Gasteiger partial charge is 0.381 e. The van der Waals surface area contributed by atoms with Crippen LogP contribution in [0.25, 0.3) is 0 Å². The van der Waals surface area contributed by atoms with Crippen LogP contribution in [-0.4, -0.2) is 41.7 Å². The van der Waals surface area contributed by atoms with Crippen LogP contribution in [0.2, 0.25) is 0 Å². The average Bonchev–Trinajstić information content (AvgIpc) is 3.47. The Labute approximate surface area is 148 Å². The van der Waals surface area contributed by atoms with Crippen LogP contribution in [0.4, 0.5) is 5.69 Å². The van der Waals surface area contributed by atoms with E-state index < -0.39 is 0 Å². The lowest BCUT2D eigenvalue weighted by Crippen LogP contribution is -2.48. The lowest BCUT2D eigenvalue weighted by atomic mass is 9.87. The van der Waals surface area contributed by atoms with E-state index >= 15 is 0 Å². The van der Waals surface area contributed by atoms with E-state index in [2.05, 4.69) is 11.0 Å². The van der Waals surface area contributed by atoms with Crippen LogP contribution < -0.4 is 5.73 Å². The van der Waals surface area contributed by atoms with Gasteiger partial charge in [-0.3, -0.25) is 15.0 Å². The number of hydrogen-bond donors (Lipinski definition) is 1. The Balaban J connectivity index is 1.70. The number of ether oxygens (including phenoxy) is 1. The van der Waals surface area contributed by atoms with E-state index in [4.69, 9.17) is 10.5 Å². The molecule has 2 aliphatic heterocycles. The lowest BCUT2D eigenvalue weighted by molar-refractivity contribution is -0.386. The van der Waals surface area contributed by atoms with Crippen LogP contribution in [0.1, 0.15) is 61.6 Å². The first-order valence-corrected chi connectivity index (χ1v) is 9.51. The predicted octanol–water partition coefficient (Wildman–Crippen LogP) is 3.12. The first kappa shape index (κ1) is 16.9. The van der Waals surface area contributed by atoms with Gasteiger partial charge in [-0.15, -0.1) is 0 Å². The molecule has 6 nitrogen and oxygen atoms in total. The molecule has 25 heavy (non-hydrogen) atoms. The Morgan fingerprint density at radius 1 is 1.16 bits per heavy atom. The van der Waals surface area contributed by atoms with Crippen molar-refractivity contribution >= 4 is 5.69 Å². The third-order valence-electron chi connectivity index (χ3n) is 6.00. The van der Waals surface area contributed by atoms with E-state index in [0.29, 0.717) is 12.0 Å². The zero-order chi connectivity index (χ0) is 17.4. The first-order valence-electron chi connectivity index (χ1n) is 9.51. The maximum atomic E-state index is 11.7. The van der Waals surface area contributed by atoms with E-state index in [1.54, 1.807) is 6.07 Å². The molecule has 0 spiro atoms. The Bertz CT molecular complexity index is 641. The van der Waals surface area contributed by atoms with Gasteiger partial charge in [0.15, 0.2) is 0 Å². The predicted molar refractivity (Wildman–Crippen MR) is 95.6 cm³/mol. The van der Waals surface area contributed by atoms with Crippen molar-refractivity contribution in [2.24, 2.45) is 5.73 Å². The highest BCUT2D eigenvalue weighted by atomic mass is 16.6. The Morgan fingerprint density at radius 3 is 2.60 bits per heavy atom. The number of benzene rings is 1. The van der Waals surface area contributed by atoms with Gasteiger partial charge in [0, 0.05) is 49.5 Å². The van der Waals surface area contributed by atoms with Gasteiger partial charge in [0.25, 0.3) is 5.69 Å². The van der Waals surface area contributed by atoms with Crippen molar-refractivity contribution in [1.82, 2.24) is 4.90 Å². The van der Waals surface area contributed by atoms with Gasteiger partial charge in [0.2, 0.25) is 0 Å². The van der Waals surface area contributed by atoms with Gasteiger partial charge < -0.3 is 10.5 Å². The molecule has 1 aliphatic carbocycles. The summed E-state index contributed by atoms with van der Waals surface area (Å²) in [7, 11) is 0. The average molecular weight is 345 g/mol. The zero-order valence-electron chi connectivity index (χ0n) is 14.6. The number of nitrogens with two attached hydrogens (primary N) is 1. The van der Waals surface area contributed by atoms with E-state index in [1.807, 2.05) is 6.07 Å². The third-order valence-corrected chi connectivity index (χ3v) is 6.00. The fraction of sp³-hybridized carbons (Fsp3) is 0.684. The fourth-order valence-electron chi connectivity index (χ4n) is 4.45. The molecule has 1 aromatic rings. The number of nitrogens with zero attached hydrogens (tertiary/aromatic N) is 2. The van der Waals surface area contributed by atoms with Gasteiger partial charge in [-0.1, -0.05) is 6.07 Å². The molecule has 2 saturated heterocycles. The van der Waals surface area contributed by atoms with Gasteiger partial charge in [0.1, 0.15) is 0 Å². The molecular weight excluding hydrogens is 318 g/mol. The van der Waals surface area contributed by atoms with E-state index in [9.17, 15) is 10.1 Å². The summed E-state index contributed by atoms with van der Waals surface area (Å²) >= 11 is 0. The van der Waals surface area contributed by atoms with E-state index in [1.165, 1.54) is 18.4 Å². The van der Waals surface area contributed by atoms with Gasteiger partial charge in [0.05, 0.1) is 4.92 Å². The highest BCUT2D eigenvalue weighted by Gasteiger charge is 2.37. The molecule has 2 atom stereocenters. The standard InChI is InChI=1S/C19H27N3O3/c20-15-5-8-21(16-6-9-25-10-7-16)19(12-15)17-11-14(13-1-2-13)3-4-18(17)22(23)24/h3-4,11,13,15-16,19H,1-2,5-10,12,20H2. The smallest absolute Gasteiger partial charge is 0.274 e. The molecule has 0 amide bonds. The van der Waals surface area contributed by atoms with Gasteiger partial charge >= 0.3 is 0 Å². The van der Waals surface area contributed by atoms with Crippen molar-refractivity contribution in [1.29, 1.82) is 0 Å². The summed E-state index contributed by atoms with van der Waals surface area (Å²) in [5.41, 5.74) is 8.65. The maximum absolute atomic E-state index is 11.7. The fourth-order valence-corrected chi connectivity index (χ4v) is 4.45. The van der Waals surface area contributed by atoms with Crippen LogP contribution >= 0.6 is 0 Å². The highest BCUT2D eigenvalue weighted by molar-refractivity contribution is 5.47. The van der Waals surface area contributed by atoms with E-state index in [-0.39, 0.29) is 22.7 Å². The summed E-state index contributed by atoms with van der Waals surface area (Å²) in [6.45, 7) is 2.48. The molecule has 2 unspecified atom stereocenters. The molecule has 3 fully saturated rings. The summed E-state index contributed by atoms with van der Waals surface area (Å²) in [6.07, 6.45) is 6.16. The molecule has 1 saturated carbocycles. The normalized spacial score (nSPS) is 28.8. The molecule has 2 heterocycles. The van der Waals surface area contributed by atoms with Crippen molar-refractivity contribution in [3.63, 3.8) is 0 Å². The number of hydrogen-bond acceptors (Lipinski definition) is 5. The number of likely N-dealkylation sites (tertiary alicyclic amines) is 1. The molecule has 6 heteroatoms. The number of piperidine rings is 1. The molecule has 2 N–H and O–H groups in total. The third kappa shape index (κ3) is 3.57. The summed E-state index contributed by atoms with van der Waals surface area (Å²) in [4.78, 5) is 13.9. The summed E-state index contributed by atoms with van der Waals surface area (Å²) in [5, 5.41) is 11.7. The van der Waals surface area contributed by atoms with Crippen molar-refractivity contribution in [2.45, 2.75) is 62.6 Å². The quantitative estimate of drug-likeness (QED) is 0.670. The Morgan fingerprint density at radius 2 is 1.92 bits per heavy atom. The monoisotopic (exact) mass is 345 g/mol. The molecule has 4 rings (SSSR count). The first-order chi connectivity index (χ1) is 12.1. The minimum Gasteiger partial charge on any atom is -0.381 e. The summed E-state index contributed by atoms with van der Waals surface area (Å²) in [5.74, 6) is 0.591. The Kier molecular flexibility index (Phi) is 4.75. The number of nitro benzene ring substituents is 1. The minimum atomic E-state index is -0.228. The van der Waals surface area contributed by atoms with Crippen LogP contribution in [0.3, 0.4) is 0 Å². The van der Waals surface area contributed by atoms with Crippen LogP contribution in [0.15, 0.2) is 18.2 Å². The second-order valence-electron chi connectivity index (χ2n) is 7.73. The molecule has 3 aliphatic rings. The van der Waals surface area contributed by atoms with Crippen LogP contribution in [0, 0.1) is 10.1 Å². The van der Waals surface area contributed by atoms with Gasteiger partial charge in [-0.25, -0.2) is 0 Å². The second kappa shape index (κ2) is 7.02. The molecule has 0 aromatic heterocycles. The molecular formula is C19H27N3O3. The lowest BCUT2D eigenvalue weighted by Gasteiger charge is -2.44. The van der Waals surface area contributed by atoms with Gasteiger partial charge in [-0.2, -0.15) is 0 Å². The Hall–Kier alpha value is -1.50. The van der Waals surface area contributed by atoms with Crippen LogP contribution in [-0.2, 0) is 4.74 Å². The molecule has 136 valence electrons. The topological polar surface area (TPSA) is 81.6 Å². The second-order valence-corrected chi connectivity index (χ2v) is 7.73. The molecule has 1 aromatic carbocycles. The summed E-state index contributed by atoms with van der Waals surface area (Å²) in [6, 6.07) is 6.36. The van der Waals surface area contributed by atoms with Crippen molar-refractivity contribution < 1.29 is 9.66 Å². The molecule has 0 radical (unpaired) electrons. The summed E-state index contributed by atoms with van der Waals surface area (Å²) < 4.78 is 5.51. The molecule has 0 bridgehead atoms. The zero-order valence-corrected chi connectivity index (χ0v) is 14.6. The van der Waals surface area contributed by atoms with Crippen LogP contribution in [0.5, 0.6) is 0 Å². The SMILES string of the molecule is NC1CCN(C2CCOCC2)C(c2cc(C3CC3)ccc2[N+](=O)[O-])C1. The van der Waals surface area contributed by atoms with Crippen molar-refractivity contribution in [3.05, 3.63) is 39.4 Å². The maximum Gasteiger partial charge on any atom is 0.274 e. The minimum absolute atomic E-state index is 0.0472. The van der Waals surface area contributed by atoms with Gasteiger partial charge in [-0.05, 0) is 56.1 Å². The number of rotatable bonds is 4. The van der Waals surface area contributed by atoms with E-state index in [0.717, 1.165) is 51.0 Å².